The molecule has 0 aliphatic heterocycles. The molecule has 1 fully saturated rings. The van der Waals surface area contributed by atoms with Crippen LogP contribution in [-0.4, -0.2) is 4.98 Å². The van der Waals surface area contributed by atoms with Crippen molar-refractivity contribution in [3.8, 4) is 11.3 Å². The van der Waals surface area contributed by atoms with Crippen molar-refractivity contribution in [3.05, 3.63) is 40.5 Å². The molecule has 0 spiro atoms. The molecule has 0 amide bonds. The van der Waals surface area contributed by atoms with Crippen molar-refractivity contribution in [3.63, 3.8) is 0 Å². The standard InChI is InChI=1S/C13H13FN2S/c14-10-4-2-9(3-5-10)11-8-17-12(16-11)13(15)6-1-7-13/h2-5,8H,1,6-7,15H2. The highest BCUT2D eigenvalue weighted by atomic mass is 32.1. The Morgan fingerprint density at radius 3 is 2.53 bits per heavy atom. The Hall–Kier alpha value is -1.26. The third-order valence-corrected chi connectivity index (χ3v) is 4.38. The summed E-state index contributed by atoms with van der Waals surface area (Å²) in [6, 6.07) is 6.40. The zero-order valence-electron chi connectivity index (χ0n) is 9.32. The van der Waals surface area contributed by atoms with E-state index in [1.165, 1.54) is 18.6 Å². The van der Waals surface area contributed by atoms with Gasteiger partial charge in [-0.25, -0.2) is 9.37 Å². The van der Waals surface area contributed by atoms with Gasteiger partial charge in [-0.2, -0.15) is 0 Å². The summed E-state index contributed by atoms with van der Waals surface area (Å²) in [5, 5.41) is 3.00. The molecule has 17 heavy (non-hydrogen) atoms. The third-order valence-electron chi connectivity index (χ3n) is 3.32. The fourth-order valence-corrected chi connectivity index (χ4v) is 3.03. The van der Waals surface area contributed by atoms with Gasteiger partial charge in [0.25, 0.3) is 0 Å². The number of nitrogens with two attached hydrogens (primary N) is 1. The molecule has 0 radical (unpaired) electrons. The number of benzene rings is 1. The van der Waals surface area contributed by atoms with E-state index in [1.807, 2.05) is 5.38 Å². The van der Waals surface area contributed by atoms with Crippen LogP contribution >= 0.6 is 11.3 Å². The van der Waals surface area contributed by atoms with E-state index in [0.29, 0.717) is 0 Å². The zero-order valence-corrected chi connectivity index (χ0v) is 10.1. The summed E-state index contributed by atoms with van der Waals surface area (Å²) in [5.41, 5.74) is 7.85. The van der Waals surface area contributed by atoms with Gasteiger partial charge in [0.2, 0.25) is 0 Å². The number of nitrogens with zero attached hydrogens (tertiary/aromatic N) is 1. The van der Waals surface area contributed by atoms with Gasteiger partial charge in [0, 0.05) is 10.9 Å². The van der Waals surface area contributed by atoms with Crippen molar-refractivity contribution >= 4 is 11.3 Å². The SMILES string of the molecule is NC1(c2nc(-c3ccc(F)cc3)cs2)CCC1. The molecule has 1 aliphatic carbocycles. The van der Waals surface area contributed by atoms with Crippen LogP contribution in [0.25, 0.3) is 11.3 Å². The van der Waals surface area contributed by atoms with Crippen LogP contribution in [0, 0.1) is 5.82 Å². The van der Waals surface area contributed by atoms with Crippen molar-refractivity contribution in [2.45, 2.75) is 24.8 Å². The molecule has 0 saturated heterocycles. The molecule has 1 aromatic heterocycles. The summed E-state index contributed by atoms with van der Waals surface area (Å²) >= 11 is 1.60. The van der Waals surface area contributed by atoms with E-state index < -0.39 is 0 Å². The average Bonchev–Trinajstić information content (AvgIpc) is 2.76. The fourth-order valence-electron chi connectivity index (χ4n) is 2.03. The summed E-state index contributed by atoms with van der Waals surface area (Å²) in [5.74, 6) is -0.224. The van der Waals surface area contributed by atoms with Crippen molar-refractivity contribution in [2.75, 3.05) is 0 Å². The van der Waals surface area contributed by atoms with Gasteiger partial charge in [0.05, 0.1) is 11.2 Å². The Kier molecular flexibility index (Phi) is 2.49. The van der Waals surface area contributed by atoms with E-state index in [9.17, 15) is 4.39 Å². The first kappa shape index (κ1) is 10.9. The van der Waals surface area contributed by atoms with Gasteiger partial charge in [-0.1, -0.05) is 0 Å². The molecule has 0 atom stereocenters. The van der Waals surface area contributed by atoms with Gasteiger partial charge in [-0.05, 0) is 43.5 Å². The Balaban J connectivity index is 1.92. The number of hydrogen-bond donors (Lipinski definition) is 1. The van der Waals surface area contributed by atoms with Crippen molar-refractivity contribution < 1.29 is 4.39 Å². The molecule has 1 heterocycles. The Labute approximate surface area is 103 Å². The van der Waals surface area contributed by atoms with Crippen LogP contribution in [0.2, 0.25) is 0 Å². The molecule has 0 unspecified atom stereocenters. The van der Waals surface area contributed by atoms with Crippen molar-refractivity contribution in [2.24, 2.45) is 5.73 Å². The Morgan fingerprint density at radius 1 is 1.24 bits per heavy atom. The minimum Gasteiger partial charge on any atom is -0.319 e. The first-order valence-electron chi connectivity index (χ1n) is 5.68. The van der Waals surface area contributed by atoms with Gasteiger partial charge in [0.15, 0.2) is 0 Å². The first-order valence-corrected chi connectivity index (χ1v) is 6.56. The molecule has 2 aromatic rings. The zero-order chi connectivity index (χ0) is 11.9. The number of thiazole rings is 1. The monoisotopic (exact) mass is 248 g/mol. The largest absolute Gasteiger partial charge is 0.319 e. The predicted molar refractivity (Wildman–Crippen MR) is 67.2 cm³/mol. The molecule has 4 heteroatoms. The van der Waals surface area contributed by atoms with Gasteiger partial charge in [0.1, 0.15) is 10.8 Å². The molecule has 2 nitrogen and oxygen atoms in total. The second-order valence-electron chi connectivity index (χ2n) is 4.55. The molecule has 3 rings (SSSR count). The highest BCUT2D eigenvalue weighted by Crippen LogP contribution is 2.40. The highest BCUT2D eigenvalue weighted by molar-refractivity contribution is 7.10. The lowest BCUT2D eigenvalue weighted by Crippen LogP contribution is -2.43. The van der Waals surface area contributed by atoms with Crippen LogP contribution < -0.4 is 5.73 Å². The molecule has 1 aromatic carbocycles. The average molecular weight is 248 g/mol. The van der Waals surface area contributed by atoms with E-state index in [2.05, 4.69) is 4.98 Å². The van der Waals surface area contributed by atoms with Crippen molar-refractivity contribution in [1.29, 1.82) is 0 Å². The maximum absolute atomic E-state index is 12.8. The molecule has 1 aliphatic rings. The van der Waals surface area contributed by atoms with E-state index in [0.717, 1.165) is 29.1 Å². The highest BCUT2D eigenvalue weighted by Gasteiger charge is 2.37. The maximum Gasteiger partial charge on any atom is 0.123 e. The summed E-state index contributed by atoms with van der Waals surface area (Å²) in [6.07, 6.45) is 3.22. The van der Waals surface area contributed by atoms with Crippen LogP contribution in [0.4, 0.5) is 4.39 Å². The lowest BCUT2D eigenvalue weighted by molar-refractivity contribution is 0.253. The van der Waals surface area contributed by atoms with Gasteiger partial charge in [-0.15, -0.1) is 11.3 Å². The Bertz CT molecular complexity index is 529. The lowest BCUT2D eigenvalue weighted by Gasteiger charge is -2.35. The van der Waals surface area contributed by atoms with Gasteiger partial charge >= 0.3 is 0 Å². The van der Waals surface area contributed by atoms with E-state index in [-0.39, 0.29) is 11.4 Å². The van der Waals surface area contributed by atoms with Crippen molar-refractivity contribution in [1.82, 2.24) is 4.98 Å². The summed E-state index contributed by atoms with van der Waals surface area (Å²) in [7, 11) is 0. The second-order valence-corrected chi connectivity index (χ2v) is 5.41. The summed E-state index contributed by atoms with van der Waals surface area (Å²) in [6.45, 7) is 0. The summed E-state index contributed by atoms with van der Waals surface area (Å²) < 4.78 is 12.8. The topological polar surface area (TPSA) is 38.9 Å². The van der Waals surface area contributed by atoms with Crippen LogP contribution in [-0.2, 0) is 5.54 Å². The lowest BCUT2D eigenvalue weighted by atomic mass is 9.78. The van der Waals surface area contributed by atoms with Crippen LogP contribution in [0.5, 0.6) is 0 Å². The quantitative estimate of drug-likeness (QED) is 0.885. The maximum atomic E-state index is 12.8. The molecular formula is C13H13FN2S. The number of halogens is 1. The molecule has 0 bridgehead atoms. The summed E-state index contributed by atoms with van der Waals surface area (Å²) in [4.78, 5) is 4.57. The van der Waals surface area contributed by atoms with E-state index in [4.69, 9.17) is 5.73 Å². The van der Waals surface area contributed by atoms with Crippen LogP contribution in [0.3, 0.4) is 0 Å². The minimum atomic E-state index is -0.224. The molecule has 88 valence electrons. The number of aromatic nitrogens is 1. The van der Waals surface area contributed by atoms with Crippen LogP contribution in [0.1, 0.15) is 24.3 Å². The third kappa shape index (κ3) is 1.87. The molecule has 2 N–H and O–H groups in total. The predicted octanol–water partition coefficient (Wildman–Crippen LogP) is 3.29. The van der Waals surface area contributed by atoms with Gasteiger partial charge in [-0.3, -0.25) is 0 Å². The van der Waals surface area contributed by atoms with Gasteiger partial charge < -0.3 is 5.73 Å². The smallest absolute Gasteiger partial charge is 0.123 e. The first-order chi connectivity index (χ1) is 8.17. The molecular weight excluding hydrogens is 235 g/mol. The van der Waals surface area contributed by atoms with E-state index in [1.54, 1.807) is 23.5 Å². The number of rotatable bonds is 2. The second kappa shape index (κ2) is 3.89. The fraction of sp³-hybridized carbons (Fsp3) is 0.308. The number of hydrogen-bond acceptors (Lipinski definition) is 3. The van der Waals surface area contributed by atoms with Crippen LogP contribution in [0.15, 0.2) is 29.6 Å². The normalized spacial score (nSPS) is 17.8. The molecule has 1 saturated carbocycles. The Morgan fingerprint density at radius 2 is 1.94 bits per heavy atom. The minimum absolute atomic E-state index is 0.205. The van der Waals surface area contributed by atoms with E-state index >= 15 is 0 Å².